The van der Waals surface area contributed by atoms with E-state index < -0.39 is 11.6 Å². The first-order valence-electron chi connectivity index (χ1n) is 7.37. The summed E-state index contributed by atoms with van der Waals surface area (Å²) in [6.07, 6.45) is 4.11. The fourth-order valence-electron chi connectivity index (χ4n) is 3.02. The molecule has 1 aromatic carbocycles. The molecule has 2 aromatic rings. The number of hydrogen-bond donors (Lipinski definition) is 1. The van der Waals surface area contributed by atoms with Crippen molar-refractivity contribution in [3.8, 4) is 0 Å². The van der Waals surface area contributed by atoms with Crippen molar-refractivity contribution in [2.75, 3.05) is 11.9 Å². The van der Waals surface area contributed by atoms with E-state index in [0.717, 1.165) is 24.7 Å². The maximum absolute atomic E-state index is 14.0. The van der Waals surface area contributed by atoms with Gasteiger partial charge in [-0.1, -0.05) is 6.42 Å². The van der Waals surface area contributed by atoms with Gasteiger partial charge < -0.3 is 5.32 Å². The van der Waals surface area contributed by atoms with E-state index in [2.05, 4.69) is 15.4 Å². The maximum atomic E-state index is 14.0. The Kier molecular flexibility index (Phi) is 2.90. The molecule has 2 aliphatic rings. The highest BCUT2D eigenvalue weighted by atomic mass is 19.1. The average Bonchev–Trinajstić information content (AvgIpc) is 2.82. The molecule has 1 unspecified atom stereocenters. The topological polar surface area (TPSA) is 42.7 Å². The lowest BCUT2D eigenvalue weighted by atomic mass is 9.85. The van der Waals surface area contributed by atoms with Crippen LogP contribution < -0.4 is 5.32 Å². The predicted molar refractivity (Wildman–Crippen MR) is 74.2 cm³/mol. The van der Waals surface area contributed by atoms with E-state index in [1.165, 1.54) is 18.6 Å². The normalized spacial score (nSPS) is 21.5. The summed E-state index contributed by atoms with van der Waals surface area (Å²) in [6.45, 7) is 0.684. The molecule has 4 rings (SSSR count). The summed E-state index contributed by atoms with van der Waals surface area (Å²) in [5.41, 5.74) is 0.350. The molecule has 0 saturated heterocycles. The van der Waals surface area contributed by atoms with Crippen LogP contribution in [0.15, 0.2) is 18.2 Å². The first-order chi connectivity index (χ1) is 10.2. The zero-order chi connectivity index (χ0) is 14.4. The van der Waals surface area contributed by atoms with E-state index >= 15 is 0 Å². The van der Waals surface area contributed by atoms with Crippen LogP contribution in [0.2, 0.25) is 0 Å². The van der Waals surface area contributed by atoms with Gasteiger partial charge in [0.15, 0.2) is 5.82 Å². The third kappa shape index (κ3) is 2.09. The molecule has 1 aromatic heterocycles. The lowest BCUT2D eigenvalue weighted by Gasteiger charge is -2.25. The highest BCUT2D eigenvalue weighted by Crippen LogP contribution is 2.37. The number of halogens is 2. The Balaban J connectivity index is 1.75. The van der Waals surface area contributed by atoms with Crippen LogP contribution in [0.1, 0.15) is 49.0 Å². The Hall–Kier alpha value is -1.98. The standard InChI is InChI=1S/C15H16F2N4/c16-10-4-5-12(17)11(8-10)13-6-7-18-15-19-14(20-21(13)15)9-2-1-3-9/h4-5,8-9,13H,1-3,6-7H2,(H,18,19,20). The number of hydrogen-bond acceptors (Lipinski definition) is 3. The van der Waals surface area contributed by atoms with Crippen LogP contribution in [0, 0.1) is 11.6 Å². The van der Waals surface area contributed by atoms with Crippen LogP contribution in [0.25, 0.3) is 0 Å². The number of anilines is 1. The maximum Gasteiger partial charge on any atom is 0.221 e. The van der Waals surface area contributed by atoms with Gasteiger partial charge in [0.2, 0.25) is 5.95 Å². The lowest BCUT2D eigenvalue weighted by molar-refractivity contribution is 0.391. The second-order valence-electron chi connectivity index (χ2n) is 5.76. The zero-order valence-electron chi connectivity index (χ0n) is 11.5. The van der Waals surface area contributed by atoms with Crippen LogP contribution in [-0.2, 0) is 0 Å². The van der Waals surface area contributed by atoms with Crippen LogP contribution >= 0.6 is 0 Å². The van der Waals surface area contributed by atoms with Gasteiger partial charge in [-0.2, -0.15) is 10.1 Å². The molecule has 0 radical (unpaired) electrons. The van der Waals surface area contributed by atoms with Crippen LogP contribution in [0.5, 0.6) is 0 Å². The van der Waals surface area contributed by atoms with Crippen LogP contribution in [-0.4, -0.2) is 21.3 Å². The summed E-state index contributed by atoms with van der Waals surface area (Å²) < 4.78 is 29.2. The van der Waals surface area contributed by atoms with Gasteiger partial charge in [-0.25, -0.2) is 13.5 Å². The summed E-state index contributed by atoms with van der Waals surface area (Å²) in [5.74, 6) is 1.09. The summed E-state index contributed by atoms with van der Waals surface area (Å²) in [7, 11) is 0. The molecule has 4 nitrogen and oxygen atoms in total. The number of aromatic nitrogens is 3. The number of rotatable bonds is 2. The Labute approximate surface area is 121 Å². The first-order valence-corrected chi connectivity index (χ1v) is 7.37. The van der Waals surface area contributed by atoms with Gasteiger partial charge >= 0.3 is 0 Å². The summed E-state index contributed by atoms with van der Waals surface area (Å²) in [6, 6.07) is 3.29. The molecule has 0 amide bonds. The highest BCUT2D eigenvalue weighted by Gasteiger charge is 2.30. The molecule has 2 heterocycles. The Morgan fingerprint density at radius 3 is 2.81 bits per heavy atom. The number of nitrogens with zero attached hydrogens (tertiary/aromatic N) is 3. The van der Waals surface area contributed by atoms with Crippen molar-refractivity contribution >= 4 is 5.95 Å². The van der Waals surface area contributed by atoms with Gasteiger partial charge in [-0.3, -0.25) is 0 Å². The molecule has 1 fully saturated rings. The van der Waals surface area contributed by atoms with E-state index in [0.29, 0.717) is 30.4 Å². The molecule has 1 N–H and O–H groups in total. The lowest BCUT2D eigenvalue weighted by Crippen LogP contribution is -2.25. The van der Waals surface area contributed by atoms with Gasteiger partial charge in [-0.05, 0) is 37.5 Å². The highest BCUT2D eigenvalue weighted by molar-refractivity contribution is 5.34. The van der Waals surface area contributed by atoms with Crippen molar-refractivity contribution in [1.82, 2.24) is 14.8 Å². The molecule has 1 aliphatic heterocycles. The Morgan fingerprint density at radius 2 is 2.05 bits per heavy atom. The predicted octanol–water partition coefficient (Wildman–Crippen LogP) is 3.23. The van der Waals surface area contributed by atoms with Gasteiger partial charge in [0.1, 0.15) is 11.6 Å². The van der Waals surface area contributed by atoms with E-state index in [4.69, 9.17) is 0 Å². The molecule has 0 bridgehead atoms. The first kappa shape index (κ1) is 12.7. The number of fused-ring (bicyclic) bond motifs is 1. The summed E-state index contributed by atoms with van der Waals surface area (Å²) in [5, 5.41) is 7.75. The zero-order valence-corrected chi connectivity index (χ0v) is 11.5. The van der Waals surface area contributed by atoms with Crippen molar-refractivity contribution < 1.29 is 8.78 Å². The molecule has 21 heavy (non-hydrogen) atoms. The number of benzene rings is 1. The molecular formula is C15H16F2N4. The van der Waals surface area contributed by atoms with E-state index in [1.54, 1.807) is 4.68 Å². The quantitative estimate of drug-likeness (QED) is 0.923. The largest absolute Gasteiger partial charge is 0.354 e. The van der Waals surface area contributed by atoms with Gasteiger partial charge in [0.25, 0.3) is 0 Å². The van der Waals surface area contributed by atoms with E-state index in [-0.39, 0.29) is 6.04 Å². The second kappa shape index (κ2) is 4.79. The molecular weight excluding hydrogens is 274 g/mol. The van der Waals surface area contributed by atoms with Crippen molar-refractivity contribution in [3.63, 3.8) is 0 Å². The van der Waals surface area contributed by atoms with Crippen molar-refractivity contribution in [2.24, 2.45) is 0 Å². The summed E-state index contributed by atoms with van der Waals surface area (Å²) >= 11 is 0. The van der Waals surface area contributed by atoms with Gasteiger partial charge in [0.05, 0.1) is 6.04 Å². The minimum atomic E-state index is -0.425. The summed E-state index contributed by atoms with van der Waals surface area (Å²) in [4.78, 5) is 4.53. The molecule has 1 saturated carbocycles. The van der Waals surface area contributed by atoms with Crippen molar-refractivity contribution in [2.45, 2.75) is 37.6 Å². The minimum Gasteiger partial charge on any atom is -0.354 e. The average molecular weight is 290 g/mol. The molecule has 6 heteroatoms. The van der Waals surface area contributed by atoms with E-state index in [9.17, 15) is 8.78 Å². The SMILES string of the molecule is Fc1ccc(F)c(C2CCNc3nc(C4CCC4)nn32)c1. The van der Waals surface area contributed by atoms with Gasteiger partial charge in [0, 0.05) is 18.0 Å². The van der Waals surface area contributed by atoms with Gasteiger partial charge in [-0.15, -0.1) is 0 Å². The number of nitrogens with one attached hydrogen (secondary N) is 1. The van der Waals surface area contributed by atoms with Crippen molar-refractivity contribution in [1.29, 1.82) is 0 Å². The van der Waals surface area contributed by atoms with Crippen molar-refractivity contribution in [3.05, 3.63) is 41.2 Å². The third-order valence-electron chi connectivity index (χ3n) is 4.43. The minimum absolute atomic E-state index is 0.293. The monoisotopic (exact) mass is 290 g/mol. The second-order valence-corrected chi connectivity index (χ2v) is 5.76. The fraction of sp³-hybridized carbons (Fsp3) is 0.467. The fourth-order valence-corrected chi connectivity index (χ4v) is 3.02. The smallest absolute Gasteiger partial charge is 0.221 e. The molecule has 110 valence electrons. The van der Waals surface area contributed by atoms with Crippen LogP contribution in [0.4, 0.5) is 14.7 Å². The molecule has 0 spiro atoms. The Morgan fingerprint density at radius 1 is 1.19 bits per heavy atom. The molecule has 1 aliphatic carbocycles. The van der Waals surface area contributed by atoms with Crippen LogP contribution in [0.3, 0.4) is 0 Å². The molecule has 1 atom stereocenters. The Bertz CT molecular complexity index is 678. The third-order valence-corrected chi connectivity index (χ3v) is 4.43. The van der Waals surface area contributed by atoms with E-state index in [1.807, 2.05) is 0 Å².